The van der Waals surface area contributed by atoms with Crippen molar-refractivity contribution in [3.8, 4) is 21.6 Å². The molecule has 5 rings (SSSR count). The molecule has 1 heterocycles. The Kier molecular flexibility index (Phi) is 6.41. The molecular weight excluding hydrogens is 480 g/mol. The Morgan fingerprint density at radius 2 is 1.66 bits per heavy atom. The van der Waals surface area contributed by atoms with E-state index in [2.05, 4.69) is 21.8 Å². The van der Waals surface area contributed by atoms with Crippen LogP contribution in [0.25, 0.3) is 21.6 Å². The molecule has 1 N–H and O–H groups in total. The fraction of sp³-hybridized carbons (Fsp3) is 0.179. The molecule has 3 aromatic carbocycles. The Hall–Kier alpha value is -3.48. The highest BCUT2D eigenvalue weighted by Gasteiger charge is 2.44. The molecule has 0 bridgehead atoms. The van der Waals surface area contributed by atoms with E-state index in [1.54, 1.807) is 6.07 Å². The van der Waals surface area contributed by atoms with Crippen LogP contribution < -0.4 is 5.32 Å². The number of nitrogens with one attached hydrogen (secondary N) is 1. The average molecular weight is 503 g/mol. The molecule has 5 nitrogen and oxygen atoms in total. The van der Waals surface area contributed by atoms with E-state index in [1.165, 1.54) is 11.5 Å². The van der Waals surface area contributed by atoms with Crippen LogP contribution in [-0.2, 0) is 21.6 Å². The molecule has 0 radical (unpaired) electrons. The molecule has 1 amide bonds. The summed E-state index contributed by atoms with van der Waals surface area (Å²) in [4.78, 5) is 24.7. The van der Waals surface area contributed by atoms with Crippen LogP contribution in [0.2, 0.25) is 5.02 Å². The molecule has 1 aromatic heterocycles. The van der Waals surface area contributed by atoms with Gasteiger partial charge in [0.1, 0.15) is 12.9 Å². The number of anilines is 1. The number of hydrogen-bond acceptors (Lipinski definition) is 5. The Balaban J connectivity index is 1.29. The molecule has 4 aromatic rings. The highest BCUT2D eigenvalue weighted by Crippen LogP contribution is 2.46. The van der Waals surface area contributed by atoms with Gasteiger partial charge in [0.05, 0.1) is 21.7 Å². The van der Waals surface area contributed by atoms with Crippen LogP contribution >= 0.6 is 23.1 Å². The van der Waals surface area contributed by atoms with Gasteiger partial charge in [-0.15, -0.1) is 0 Å². The van der Waals surface area contributed by atoms with Crippen molar-refractivity contribution in [3.63, 3.8) is 0 Å². The van der Waals surface area contributed by atoms with Gasteiger partial charge in [0.25, 0.3) is 0 Å². The Morgan fingerprint density at radius 3 is 2.29 bits per heavy atom. The summed E-state index contributed by atoms with van der Waals surface area (Å²) < 4.78 is 9.80. The molecule has 0 aliphatic heterocycles. The van der Waals surface area contributed by atoms with E-state index in [4.69, 9.17) is 16.3 Å². The summed E-state index contributed by atoms with van der Waals surface area (Å²) in [5.41, 5.74) is 6.05. The van der Waals surface area contributed by atoms with Gasteiger partial charge in [0.2, 0.25) is 0 Å². The smallest absolute Gasteiger partial charge is 0.412 e. The van der Waals surface area contributed by atoms with E-state index in [0.29, 0.717) is 10.7 Å². The summed E-state index contributed by atoms with van der Waals surface area (Å²) in [6.07, 6.45) is 2.38. The number of benzene rings is 3. The highest BCUT2D eigenvalue weighted by atomic mass is 35.5. The van der Waals surface area contributed by atoms with Crippen molar-refractivity contribution in [3.05, 3.63) is 94.6 Å². The maximum Gasteiger partial charge on any atom is 0.412 e. The third kappa shape index (κ3) is 4.85. The number of aromatic nitrogens is 1. The third-order valence-corrected chi connectivity index (χ3v) is 7.72. The van der Waals surface area contributed by atoms with Gasteiger partial charge in [0.15, 0.2) is 0 Å². The van der Waals surface area contributed by atoms with Gasteiger partial charge in [-0.25, -0.2) is 4.79 Å². The van der Waals surface area contributed by atoms with Crippen molar-refractivity contribution in [1.82, 2.24) is 4.37 Å². The monoisotopic (exact) mass is 502 g/mol. The van der Waals surface area contributed by atoms with Crippen LogP contribution in [0.5, 0.6) is 0 Å². The highest BCUT2D eigenvalue weighted by molar-refractivity contribution is 7.10. The molecular formula is C28H23ClN2O3S. The summed E-state index contributed by atoms with van der Waals surface area (Å²) in [5, 5.41) is 3.40. The van der Waals surface area contributed by atoms with Gasteiger partial charge < -0.3 is 9.53 Å². The van der Waals surface area contributed by atoms with E-state index in [1.807, 2.05) is 61.5 Å². The zero-order valence-corrected chi connectivity index (χ0v) is 20.7. The zero-order valence-electron chi connectivity index (χ0n) is 19.1. The molecule has 1 fully saturated rings. The summed E-state index contributed by atoms with van der Waals surface area (Å²) in [7, 11) is 0. The number of amides is 1. The molecule has 1 aliphatic carbocycles. The number of aryl methyl sites for hydroxylation is 1. The first-order chi connectivity index (χ1) is 17.0. The normalized spacial score (nSPS) is 13.8. The van der Waals surface area contributed by atoms with Crippen LogP contribution in [0.1, 0.15) is 29.7 Å². The standard InChI is InChI=1S/C28H23ClN2O3S/c1-18-25(30-27(33)34-16-22-4-2-3-5-24(22)29)26(35-31-18)21-8-6-19(7-9-21)20-10-12-23(13-11-20)28(17-32)14-15-28/h2-13,17H,14-16H2,1H3,(H,30,33). The lowest BCUT2D eigenvalue weighted by Gasteiger charge is -2.11. The molecule has 7 heteroatoms. The van der Waals surface area contributed by atoms with Crippen LogP contribution in [0, 0.1) is 6.92 Å². The summed E-state index contributed by atoms with van der Waals surface area (Å²) in [6.45, 7) is 1.93. The molecule has 1 saturated carbocycles. The maximum absolute atomic E-state index is 12.5. The molecule has 0 spiro atoms. The first-order valence-electron chi connectivity index (χ1n) is 11.3. The zero-order chi connectivity index (χ0) is 24.4. The average Bonchev–Trinajstić information content (AvgIpc) is 3.62. The van der Waals surface area contributed by atoms with E-state index in [0.717, 1.165) is 57.5 Å². The minimum atomic E-state index is -0.560. The topological polar surface area (TPSA) is 68.3 Å². The second-order valence-electron chi connectivity index (χ2n) is 8.69. The SMILES string of the molecule is Cc1nsc(-c2ccc(-c3ccc(C4(C=O)CC4)cc3)cc2)c1NC(=O)OCc1ccccc1Cl. The van der Waals surface area contributed by atoms with Crippen LogP contribution in [-0.4, -0.2) is 16.8 Å². The van der Waals surface area contributed by atoms with E-state index in [-0.39, 0.29) is 12.0 Å². The number of rotatable bonds is 7. The predicted octanol–water partition coefficient (Wildman–Crippen LogP) is 7.42. The molecule has 0 unspecified atom stereocenters. The largest absolute Gasteiger partial charge is 0.444 e. The first kappa shape index (κ1) is 23.3. The van der Waals surface area contributed by atoms with Gasteiger partial charge >= 0.3 is 6.09 Å². The number of aldehydes is 1. The van der Waals surface area contributed by atoms with Crippen molar-refractivity contribution in [1.29, 1.82) is 0 Å². The number of hydrogen-bond donors (Lipinski definition) is 1. The molecule has 1 aliphatic rings. The second kappa shape index (κ2) is 9.64. The minimum Gasteiger partial charge on any atom is -0.444 e. The lowest BCUT2D eigenvalue weighted by atomic mass is 9.95. The van der Waals surface area contributed by atoms with Crippen molar-refractivity contribution >= 4 is 41.2 Å². The molecule has 35 heavy (non-hydrogen) atoms. The molecule has 0 atom stereocenters. The number of carbonyl (C=O) groups is 2. The van der Waals surface area contributed by atoms with Crippen molar-refractivity contribution < 1.29 is 14.3 Å². The predicted molar refractivity (Wildman–Crippen MR) is 140 cm³/mol. The first-order valence-corrected chi connectivity index (χ1v) is 12.5. The number of nitrogens with zero attached hydrogens (tertiary/aromatic N) is 1. The van der Waals surface area contributed by atoms with Crippen molar-refractivity contribution in [2.75, 3.05) is 5.32 Å². The summed E-state index contributed by atoms with van der Waals surface area (Å²) in [6, 6.07) is 23.6. The van der Waals surface area contributed by atoms with Gasteiger partial charge in [-0.1, -0.05) is 78.3 Å². The third-order valence-electron chi connectivity index (χ3n) is 6.36. The summed E-state index contributed by atoms with van der Waals surface area (Å²) in [5.74, 6) is 0. The van der Waals surface area contributed by atoms with Gasteiger partial charge in [0, 0.05) is 10.6 Å². The fourth-order valence-electron chi connectivity index (χ4n) is 4.03. The van der Waals surface area contributed by atoms with Gasteiger partial charge in [-0.2, -0.15) is 4.37 Å². The van der Waals surface area contributed by atoms with Crippen LogP contribution in [0.4, 0.5) is 10.5 Å². The Labute approximate surface area is 212 Å². The number of halogens is 1. The quantitative estimate of drug-likeness (QED) is 0.267. The summed E-state index contributed by atoms with van der Waals surface area (Å²) >= 11 is 7.47. The van der Waals surface area contributed by atoms with Crippen molar-refractivity contribution in [2.24, 2.45) is 0 Å². The lowest BCUT2D eigenvalue weighted by Crippen LogP contribution is -2.14. The van der Waals surface area contributed by atoms with Crippen LogP contribution in [0.3, 0.4) is 0 Å². The Morgan fingerprint density at radius 1 is 1.03 bits per heavy atom. The number of carbonyl (C=O) groups excluding carboxylic acids is 2. The number of ether oxygens (including phenoxy) is 1. The van der Waals surface area contributed by atoms with E-state index >= 15 is 0 Å². The minimum absolute atomic E-state index is 0.0823. The molecule has 0 saturated heterocycles. The Bertz CT molecular complexity index is 1380. The van der Waals surface area contributed by atoms with E-state index < -0.39 is 6.09 Å². The van der Waals surface area contributed by atoms with Crippen LogP contribution in [0.15, 0.2) is 72.8 Å². The van der Waals surface area contributed by atoms with E-state index in [9.17, 15) is 9.59 Å². The fourth-order valence-corrected chi connectivity index (χ4v) is 5.07. The lowest BCUT2D eigenvalue weighted by molar-refractivity contribution is -0.109. The maximum atomic E-state index is 12.5. The van der Waals surface area contributed by atoms with Gasteiger partial charge in [-0.3, -0.25) is 5.32 Å². The second-order valence-corrected chi connectivity index (χ2v) is 9.87. The van der Waals surface area contributed by atoms with Crippen molar-refractivity contribution in [2.45, 2.75) is 31.8 Å². The van der Waals surface area contributed by atoms with Gasteiger partial charge in [-0.05, 0) is 59.6 Å². The molecule has 176 valence electrons.